The number of amides is 1. The van der Waals surface area contributed by atoms with E-state index in [1.807, 2.05) is 25.1 Å². The average Bonchev–Trinajstić information content (AvgIpc) is 3.52. The number of esters is 1. The Morgan fingerprint density at radius 1 is 1.21 bits per heavy atom. The van der Waals surface area contributed by atoms with Crippen LogP contribution in [0.3, 0.4) is 0 Å². The summed E-state index contributed by atoms with van der Waals surface area (Å²) in [5.41, 5.74) is 2.02. The number of hydrogen-bond acceptors (Lipinski definition) is 9. The number of fused-ring (bicyclic) bond motifs is 1. The molecule has 176 valence electrons. The summed E-state index contributed by atoms with van der Waals surface area (Å²) in [6.07, 6.45) is 3.30. The van der Waals surface area contributed by atoms with Gasteiger partial charge in [-0.05, 0) is 49.2 Å². The van der Waals surface area contributed by atoms with Gasteiger partial charge in [-0.1, -0.05) is 17.4 Å². The SMILES string of the molecule is CCOC(=O)c1c(NC(=O)/C=C/c2ccc([N+](=O)[O-])s2)sc(Cc2ccc3c(c2)OCO3)c1C. The molecule has 3 heterocycles. The Morgan fingerprint density at radius 3 is 2.74 bits per heavy atom. The van der Waals surface area contributed by atoms with Gasteiger partial charge in [0.25, 0.3) is 0 Å². The summed E-state index contributed by atoms with van der Waals surface area (Å²) in [5.74, 6) is 0.387. The average molecular weight is 501 g/mol. The molecule has 0 atom stereocenters. The standard InChI is InChI=1S/C23H20N2O7S2/c1-3-30-23(27)21-13(2)18(11-14-4-7-16-17(10-14)32-12-31-16)34-22(21)24-19(26)8-5-15-6-9-20(33-15)25(28)29/h4-10H,3,11-12H2,1-2H3,(H,24,26)/b8-5+. The molecule has 0 aliphatic carbocycles. The minimum Gasteiger partial charge on any atom is -0.462 e. The molecule has 3 aromatic rings. The molecule has 0 saturated heterocycles. The van der Waals surface area contributed by atoms with Crippen molar-refractivity contribution < 1.29 is 28.7 Å². The maximum Gasteiger partial charge on any atom is 0.341 e. The van der Waals surface area contributed by atoms with Crippen molar-refractivity contribution in [2.24, 2.45) is 0 Å². The molecule has 4 rings (SSSR count). The fourth-order valence-electron chi connectivity index (χ4n) is 3.34. The second-order valence-electron chi connectivity index (χ2n) is 7.19. The molecule has 11 heteroatoms. The summed E-state index contributed by atoms with van der Waals surface area (Å²) in [6, 6.07) is 8.61. The lowest BCUT2D eigenvalue weighted by molar-refractivity contribution is -0.380. The van der Waals surface area contributed by atoms with Gasteiger partial charge in [0.15, 0.2) is 11.5 Å². The smallest absolute Gasteiger partial charge is 0.341 e. The first-order valence-electron chi connectivity index (χ1n) is 10.3. The number of nitrogens with zero attached hydrogens (tertiary/aromatic N) is 1. The third kappa shape index (κ3) is 5.10. The number of thiophene rings is 2. The van der Waals surface area contributed by atoms with Gasteiger partial charge in [-0.3, -0.25) is 14.9 Å². The highest BCUT2D eigenvalue weighted by molar-refractivity contribution is 7.17. The van der Waals surface area contributed by atoms with E-state index in [9.17, 15) is 19.7 Å². The van der Waals surface area contributed by atoms with Crippen molar-refractivity contribution in [1.82, 2.24) is 0 Å². The maximum atomic E-state index is 12.6. The number of anilines is 1. The van der Waals surface area contributed by atoms with Crippen molar-refractivity contribution in [3.05, 3.63) is 73.0 Å². The van der Waals surface area contributed by atoms with Crippen LogP contribution in [0.1, 0.15) is 38.2 Å². The zero-order valence-electron chi connectivity index (χ0n) is 18.3. The number of ether oxygens (including phenoxy) is 3. The molecule has 0 bridgehead atoms. The fourth-order valence-corrected chi connectivity index (χ4v) is 5.30. The molecular formula is C23H20N2O7S2. The van der Waals surface area contributed by atoms with Crippen LogP contribution in [-0.4, -0.2) is 30.2 Å². The third-order valence-electron chi connectivity index (χ3n) is 4.96. The second-order valence-corrected chi connectivity index (χ2v) is 9.39. The number of benzene rings is 1. The summed E-state index contributed by atoms with van der Waals surface area (Å²) < 4.78 is 16.0. The summed E-state index contributed by atoms with van der Waals surface area (Å²) in [6.45, 7) is 3.93. The predicted molar refractivity (Wildman–Crippen MR) is 129 cm³/mol. The molecular weight excluding hydrogens is 480 g/mol. The van der Waals surface area contributed by atoms with Gasteiger partial charge < -0.3 is 19.5 Å². The van der Waals surface area contributed by atoms with Crippen LogP contribution in [0.2, 0.25) is 0 Å². The molecule has 1 aliphatic rings. The lowest BCUT2D eigenvalue weighted by Crippen LogP contribution is -2.12. The van der Waals surface area contributed by atoms with Crippen molar-refractivity contribution in [2.45, 2.75) is 20.3 Å². The summed E-state index contributed by atoms with van der Waals surface area (Å²) in [4.78, 5) is 37.0. The van der Waals surface area contributed by atoms with Gasteiger partial charge in [-0.2, -0.15) is 0 Å². The lowest BCUT2D eigenvalue weighted by Gasteiger charge is -2.06. The van der Waals surface area contributed by atoms with E-state index in [0.29, 0.717) is 33.4 Å². The first-order valence-corrected chi connectivity index (χ1v) is 11.9. The topological polar surface area (TPSA) is 117 Å². The van der Waals surface area contributed by atoms with E-state index in [-0.39, 0.29) is 18.4 Å². The van der Waals surface area contributed by atoms with Crippen LogP contribution in [0.4, 0.5) is 10.0 Å². The largest absolute Gasteiger partial charge is 0.462 e. The van der Waals surface area contributed by atoms with Crippen LogP contribution in [0.5, 0.6) is 11.5 Å². The second kappa shape index (κ2) is 10.1. The Bertz CT molecular complexity index is 1290. The van der Waals surface area contributed by atoms with Gasteiger partial charge in [0, 0.05) is 28.3 Å². The predicted octanol–water partition coefficient (Wildman–Crippen LogP) is 5.17. The summed E-state index contributed by atoms with van der Waals surface area (Å²) >= 11 is 2.26. The van der Waals surface area contributed by atoms with Crippen molar-refractivity contribution in [3.63, 3.8) is 0 Å². The summed E-state index contributed by atoms with van der Waals surface area (Å²) in [5, 5.41) is 14.0. The Kier molecular flexibility index (Phi) is 6.94. The van der Waals surface area contributed by atoms with Crippen LogP contribution in [0.25, 0.3) is 6.08 Å². The van der Waals surface area contributed by atoms with E-state index in [1.165, 1.54) is 29.6 Å². The Morgan fingerprint density at radius 2 is 2.00 bits per heavy atom. The minimum atomic E-state index is -0.513. The maximum absolute atomic E-state index is 12.6. The van der Waals surface area contributed by atoms with Crippen LogP contribution >= 0.6 is 22.7 Å². The zero-order chi connectivity index (χ0) is 24.2. The molecule has 0 fully saturated rings. The molecule has 34 heavy (non-hydrogen) atoms. The highest BCUT2D eigenvalue weighted by atomic mass is 32.1. The molecule has 0 spiro atoms. The monoisotopic (exact) mass is 500 g/mol. The van der Waals surface area contributed by atoms with Crippen molar-refractivity contribution >= 4 is 50.6 Å². The van der Waals surface area contributed by atoms with Crippen molar-refractivity contribution in [2.75, 3.05) is 18.7 Å². The van der Waals surface area contributed by atoms with Gasteiger partial charge in [0.2, 0.25) is 12.7 Å². The van der Waals surface area contributed by atoms with E-state index in [0.717, 1.165) is 27.3 Å². The molecule has 1 aromatic carbocycles. The zero-order valence-corrected chi connectivity index (χ0v) is 19.9. The van der Waals surface area contributed by atoms with Crippen LogP contribution in [0, 0.1) is 17.0 Å². The van der Waals surface area contributed by atoms with Gasteiger partial charge in [0.05, 0.1) is 17.1 Å². The number of rotatable bonds is 8. The molecule has 2 aromatic heterocycles. The van der Waals surface area contributed by atoms with Crippen molar-refractivity contribution in [3.8, 4) is 11.5 Å². The van der Waals surface area contributed by atoms with Gasteiger partial charge in [-0.15, -0.1) is 11.3 Å². The third-order valence-corrected chi connectivity index (χ3v) is 7.16. The van der Waals surface area contributed by atoms with E-state index < -0.39 is 16.8 Å². The normalized spacial score (nSPS) is 12.2. The fraction of sp³-hybridized carbons (Fsp3) is 0.217. The molecule has 1 N–H and O–H groups in total. The minimum absolute atomic E-state index is 0.00769. The number of nitro groups is 1. The molecule has 1 amide bonds. The van der Waals surface area contributed by atoms with Gasteiger partial charge >= 0.3 is 11.0 Å². The highest BCUT2D eigenvalue weighted by Gasteiger charge is 2.24. The molecule has 0 saturated carbocycles. The molecule has 9 nitrogen and oxygen atoms in total. The number of carbonyl (C=O) groups excluding carboxylic acids is 2. The first-order chi connectivity index (χ1) is 16.4. The quantitative estimate of drug-likeness (QED) is 0.196. The van der Waals surface area contributed by atoms with E-state index in [2.05, 4.69) is 5.32 Å². The Labute approximate surface area is 202 Å². The van der Waals surface area contributed by atoms with E-state index in [1.54, 1.807) is 13.0 Å². The Balaban J connectivity index is 1.56. The molecule has 0 unspecified atom stereocenters. The first kappa shape index (κ1) is 23.5. The summed E-state index contributed by atoms with van der Waals surface area (Å²) in [7, 11) is 0. The van der Waals surface area contributed by atoms with Gasteiger partial charge in [-0.25, -0.2) is 4.79 Å². The van der Waals surface area contributed by atoms with Crippen LogP contribution < -0.4 is 14.8 Å². The van der Waals surface area contributed by atoms with E-state index in [4.69, 9.17) is 14.2 Å². The van der Waals surface area contributed by atoms with Crippen LogP contribution in [-0.2, 0) is 16.0 Å². The number of carbonyl (C=O) groups is 2. The lowest BCUT2D eigenvalue weighted by atomic mass is 10.1. The Hall–Kier alpha value is -3.70. The molecule has 1 aliphatic heterocycles. The number of nitrogens with one attached hydrogen (secondary N) is 1. The molecule has 0 radical (unpaired) electrons. The van der Waals surface area contributed by atoms with Crippen LogP contribution in [0.15, 0.2) is 36.4 Å². The number of hydrogen-bond donors (Lipinski definition) is 1. The van der Waals surface area contributed by atoms with Crippen molar-refractivity contribution in [1.29, 1.82) is 0 Å². The highest BCUT2D eigenvalue weighted by Crippen LogP contribution is 2.38. The van der Waals surface area contributed by atoms with Gasteiger partial charge in [0.1, 0.15) is 5.00 Å². The van der Waals surface area contributed by atoms with E-state index >= 15 is 0 Å².